The maximum Gasteiger partial charge on any atom is 0.311 e. The first-order valence-corrected chi connectivity index (χ1v) is 13.3. The minimum Gasteiger partial charge on any atom is -0.455 e. The number of fused-ring (bicyclic) bond motifs is 1. The van der Waals surface area contributed by atoms with Crippen molar-refractivity contribution in [1.29, 1.82) is 0 Å². The summed E-state index contributed by atoms with van der Waals surface area (Å²) in [4.78, 5) is 29.3. The lowest BCUT2D eigenvalue weighted by atomic mass is 10.1. The van der Waals surface area contributed by atoms with Gasteiger partial charge in [0.25, 0.3) is 15.9 Å². The fourth-order valence-electron chi connectivity index (χ4n) is 3.42. The van der Waals surface area contributed by atoms with Crippen molar-refractivity contribution < 1.29 is 27.5 Å². The third-order valence-electron chi connectivity index (χ3n) is 4.96. The van der Waals surface area contributed by atoms with E-state index >= 15 is 0 Å². The van der Waals surface area contributed by atoms with Crippen molar-refractivity contribution in [3.05, 3.63) is 40.3 Å². The highest BCUT2D eigenvalue weighted by molar-refractivity contribution is 7.91. The van der Waals surface area contributed by atoms with E-state index in [9.17, 15) is 18.0 Å². The number of nitrogens with one attached hydrogen (secondary N) is 1. The van der Waals surface area contributed by atoms with Crippen molar-refractivity contribution >= 4 is 59.9 Å². The minimum atomic E-state index is -3.60. The van der Waals surface area contributed by atoms with Gasteiger partial charge in [0, 0.05) is 18.0 Å². The molecule has 0 atom stereocenters. The topological polar surface area (TPSA) is 115 Å². The van der Waals surface area contributed by atoms with Gasteiger partial charge in [0.2, 0.25) is 0 Å². The number of ether oxygens (including phenoxy) is 2. The molecule has 2 aromatic heterocycles. The number of aromatic nitrogens is 1. The highest BCUT2D eigenvalue weighted by Crippen LogP contribution is 2.29. The Bertz CT molecular complexity index is 1290. The van der Waals surface area contributed by atoms with Crippen LogP contribution in [0.4, 0.5) is 5.13 Å². The van der Waals surface area contributed by atoms with Gasteiger partial charge in [-0.15, -0.1) is 11.3 Å². The molecule has 3 aromatic rings. The number of benzene rings is 1. The van der Waals surface area contributed by atoms with Crippen LogP contribution in [0.1, 0.15) is 16.0 Å². The maximum atomic E-state index is 12.7. The zero-order chi connectivity index (χ0) is 23.6. The standard InChI is InChI=1S/C21H23N3O6S3/c1-13-9-14(2)20-16(10-13)32-21(23-20)22-17(25)12-30-18(26)11-15-3-4-19(31-15)33(27,28)24-5-7-29-8-6-24/h3-4,9-10H,5-8,11-12H2,1-2H3,(H,22,23,25). The smallest absolute Gasteiger partial charge is 0.311 e. The molecule has 33 heavy (non-hydrogen) atoms. The molecule has 0 saturated carbocycles. The number of hydrogen-bond acceptors (Lipinski definition) is 9. The first-order chi connectivity index (χ1) is 15.7. The number of thiazole rings is 1. The Labute approximate surface area is 199 Å². The second-order valence-electron chi connectivity index (χ2n) is 7.57. The Hall–Kier alpha value is -2.38. The SMILES string of the molecule is Cc1cc(C)c2nc(NC(=O)COC(=O)Cc3ccc(S(=O)(=O)N4CCOCC4)s3)sc2c1. The van der Waals surface area contributed by atoms with Crippen molar-refractivity contribution in [2.24, 2.45) is 0 Å². The van der Waals surface area contributed by atoms with Gasteiger partial charge >= 0.3 is 5.97 Å². The second-order valence-corrected chi connectivity index (χ2v) is 11.9. The lowest BCUT2D eigenvalue weighted by molar-refractivity contribution is -0.146. The zero-order valence-electron chi connectivity index (χ0n) is 18.1. The van der Waals surface area contributed by atoms with E-state index in [2.05, 4.69) is 10.3 Å². The van der Waals surface area contributed by atoms with Crippen LogP contribution < -0.4 is 5.32 Å². The van der Waals surface area contributed by atoms with Gasteiger partial charge in [-0.25, -0.2) is 13.4 Å². The summed E-state index contributed by atoms with van der Waals surface area (Å²) in [6.07, 6.45) is -0.115. The van der Waals surface area contributed by atoms with E-state index in [1.807, 2.05) is 26.0 Å². The highest BCUT2D eigenvalue weighted by Gasteiger charge is 2.28. The highest BCUT2D eigenvalue weighted by atomic mass is 32.2. The summed E-state index contributed by atoms with van der Waals surface area (Å²) in [7, 11) is -3.60. The van der Waals surface area contributed by atoms with Crippen LogP contribution in [-0.4, -0.2) is 62.5 Å². The van der Waals surface area contributed by atoms with Crippen molar-refractivity contribution in [2.75, 3.05) is 38.2 Å². The Morgan fingerprint density at radius 1 is 1.18 bits per heavy atom. The molecule has 1 aliphatic rings. The molecule has 1 saturated heterocycles. The minimum absolute atomic E-state index is 0.115. The Morgan fingerprint density at radius 3 is 2.70 bits per heavy atom. The van der Waals surface area contributed by atoms with Crippen LogP contribution in [0.5, 0.6) is 0 Å². The molecule has 1 aromatic carbocycles. The van der Waals surface area contributed by atoms with Crippen LogP contribution in [0.3, 0.4) is 0 Å². The summed E-state index contributed by atoms with van der Waals surface area (Å²) in [6, 6.07) is 7.11. The molecule has 0 bridgehead atoms. The van der Waals surface area contributed by atoms with E-state index in [4.69, 9.17) is 9.47 Å². The van der Waals surface area contributed by atoms with Crippen molar-refractivity contribution in [3.63, 3.8) is 0 Å². The Kier molecular flexibility index (Phi) is 7.10. The number of carbonyl (C=O) groups is 2. The predicted octanol–water partition coefficient (Wildman–Crippen LogP) is 2.72. The third kappa shape index (κ3) is 5.58. The molecule has 0 aliphatic carbocycles. The molecule has 1 amide bonds. The van der Waals surface area contributed by atoms with Gasteiger partial charge in [-0.3, -0.25) is 14.9 Å². The zero-order valence-corrected chi connectivity index (χ0v) is 20.6. The summed E-state index contributed by atoms with van der Waals surface area (Å²) < 4.78 is 38.2. The van der Waals surface area contributed by atoms with Gasteiger partial charge in [0.05, 0.1) is 29.9 Å². The molecule has 4 rings (SSSR count). The average molecular weight is 510 g/mol. The van der Waals surface area contributed by atoms with E-state index in [1.165, 1.54) is 21.7 Å². The van der Waals surface area contributed by atoms with Crippen LogP contribution >= 0.6 is 22.7 Å². The van der Waals surface area contributed by atoms with Crippen LogP contribution in [0, 0.1) is 13.8 Å². The molecule has 12 heteroatoms. The largest absolute Gasteiger partial charge is 0.455 e. The summed E-state index contributed by atoms with van der Waals surface area (Å²) >= 11 is 2.38. The number of rotatable bonds is 7. The van der Waals surface area contributed by atoms with Gasteiger partial charge in [0.1, 0.15) is 4.21 Å². The van der Waals surface area contributed by atoms with Crippen molar-refractivity contribution in [3.8, 4) is 0 Å². The van der Waals surface area contributed by atoms with E-state index in [0.29, 0.717) is 36.3 Å². The first kappa shape index (κ1) is 23.8. The van der Waals surface area contributed by atoms with Gasteiger partial charge in [0.15, 0.2) is 11.7 Å². The number of sulfonamides is 1. The van der Waals surface area contributed by atoms with E-state index in [0.717, 1.165) is 32.7 Å². The average Bonchev–Trinajstić information content (AvgIpc) is 3.40. The number of thiophene rings is 1. The third-order valence-corrected chi connectivity index (χ3v) is 9.33. The van der Waals surface area contributed by atoms with Crippen LogP contribution in [-0.2, 0) is 35.5 Å². The monoisotopic (exact) mass is 509 g/mol. The molecule has 0 radical (unpaired) electrons. The second kappa shape index (κ2) is 9.85. The normalized spacial score (nSPS) is 15.0. The lowest BCUT2D eigenvalue weighted by Gasteiger charge is -2.25. The lowest BCUT2D eigenvalue weighted by Crippen LogP contribution is -2.40. The molecular formula is C21H23N3O6S3. The fraction of sp³-hybridized carbons (Fsp3) is 0.381. The van der Waals surface area contributed by atoms with E-state index < -0.39 is 28.5 Å². The predicted molar refractivity (Wildman–Crippen MR) is 126 cm³/mol. The molecule has 0 spiro atoms. The number of morpholine rings is 1. The molecule has 176 valence electrons. The van der Waals surface area contributed by atoms with Gasteiger partial charge in [-0.05, 0) is 43.2 Å². The molecule has 1 N–H and O–H groups in total. The number of amides is 1. The van der Waals surface area contributed by atoms with Crippen LogP contribution in [0.25, 0.3) is 10.2 Å². The summed E-state index contributed by atoms with van der Waals surface area (Å²) in [5.41, 5.74) is 2.97. The van der Waals surface area contributed by atoms with Crippen LogP contribution in [0.15, 0.2) is 28.5 Å². The molecular weight excluding hydrogens is 486 g/mol. The number of aryl methyl sites for hydroxylation is 2. The number of carbonyl (C=O) groups excluding carboxylic acids is 2. The Morgan fingerprint density at radius 2 is 1.94 bits per heavy atom. The maximum absolute atomic E-state index is 12.7. The van der Waals surface area contributed by atoms with Gasteiger partial charge in [-0.2, -0.15) is 4.31 Å². The van der Waals surface area contributed by atoms with Gasteiger partial charge < -0.3 is 9.47 Å². The summed E-state index contributed by atoms with van der Waals surface area (Å²) in [5.74, 6) is -1.10. The van der Waals surface area contributed by atoms with Crippen LogP contribution in [0.2, 0.25) is 0 Å². The fourth-order valence-corrected chi connectivity index (χ4v) is 7.39. The molecule has 3 heterocycles. The first-order valence-electron chi connectivity index (χ1n) is 10.2. The number of anilines is 1. The quantitative estimate of drug-likeness (QED) is 0.487. The molecule has 9 nitrogen and oxygen atoms in total. The molecule has 1 aliphatic heterocycles. The molecule has 1 fully saturated rings. The number of hydrogen-bond donors (Lipinski definition) is 1. The number of nitrogens with zero attached hydrogens (tertiary/aromatic N) is 2. The summed E-state index contributed by atoms with van der Waals surface area (Å²) in [6.45, 7) is 4.85. The van der Waals surface area contributed by atoms with Crippen molar-refractivity contribution in [2.45, 2.75) is 24.5 Å². The molecule has 0 unspecified atom stereocenters. The number of esters is 1. The van der Waals surface area contributed by atoms with E-state index in [1.54, 1.807) is 6.07 Å². The summed E-state index contributed by atoms with van der Waals surface area (Å²) in [5, 5.41) is 3.10. The van der Waals surface area contributed by atoms with Gasteiger partial charge in [-0.1, -0.05) is 17.4 Å². The Balaban J connectivity index is 1.30. The van der Waals surface area contributed by atoms with Crippen molar-refractivity contribution in [1.82, 2.24) is 9.29 Å². The van der Waals surface area contributed by atoms with E-state index in [-0.39, 0.29) is 10.6 Å².